The fourth-order valence-electron chi connectivity index (χ4n) is 3.37. The number of fused-ring (bicyclic) bond motifs is 2. The van der Waals surface area contributed by atoms with Crippen LogP contribution < -0.4 is 0 Å². The minimum Gasteiger partial charge on any atom is -0.481 e. The van der Waals surface area contributed by atoms with Crippen LogP contribution in [0.3, 0.4) is 0 Å². The maximum Gasteiger partial charge on any atom is 0.312 e. The van der Waals surface area contributed by atoms with E-state index in [-0.39, 0.29) is 12.4 Å². The molecule has 8 heteroatoms. The van der Waals surface area contributed by atoms with Crippen molar-refractivity contribution in [3.8, 4) is 0 Å². The molecule has 1 aromatic carbocycles. The van der Waals surface area contributed by atoms with Crippen LogP contribution in [0.25, 0.3) is 5.78 Å². The first kappa shape index (κ1) is 16.2. The third kappa shape index (κ3) is 2.59. The van der Waals surface area contributed by atoms with E-state index in [1.807, 2.05) is 38.1 Å². The predicted molar refractivity (Wildman–Crippen MR) is 91.8 cm³/mol. The number of aliphatic carboxylic acids is 1. The van der Waals surface area contributed by atoms with Crippen molar-refractivity contribution in [2.75, 3.05) is 6.54 Å². The first-order valence-electron chi connectivity index (χ1n) is 8.25. The smallest absolute Gasteiger partial charge is 0.312 e. The second kappa shape index (κ2) is 5.91. The van der Waals surface area contributed by atoms with Crippen LogP contribution >= 0.6 is 0 Å². The van der Waals surface area contributed by atoms with Gasteiger partial charge in [-0.05, 0) is 31.0 Å². The van der Waals surface area contributed by atoms with Gasteiger partial charge in [-0.2, -0.15) is 4.98 Å². The Balaban J connectivity index is 1.71. The third-order valence-corrected chi connectivity index (χ3v) is 4.59. The lowest BCUT2D eigenvalue weighted by atomic mass is 9.90. The molecule has 1 unspecified atom stereocenters. The molecule has 1 aliphatic heterocycles. The number of hydrogen-bond donors (Lipinski definition) is 1. The molecule has 3 heterocycles. The molecule has 1 atom stereocenters. The topological polar surface area (TPSA) is 101 Å². The average molecular weight is 351 g/mol. The summed E-state index contributed by atoms with van der Waals surface area (Å²) in [5.41, 5.74) is 3.19. The first-order chi connectivity index (χ1) is 12.4. The zero-order chi connectivity index (χ0) is 18.4. The summed E-state index contributed by atoms with van der Waals surface area (Å²) in [6.07, 6.45) is 0. The van der Waals surface area contributed by atoms with Crippen LogP contribution in [-0.2, 0) is 11.3 Å². The van der Waals surface area contributed by atoms with E-state index in [9.17, 15) is 14.7 Å². The van der Waals surface area contributed by atoms with E-state index in [2.05, 4.69) is 15.1 Å². The van der Waals surface area contributed by atoms with Gasteiger partial charge in [-0.1, -0.05) is 24.3 Å². The Morgan fingerprint density at radius 1 is 1.19 bits per heavy atom. The molecule has 1 amide bonds. The van der Waals surface area contributed by atoms with Gasteiger partial charge in [0.15, 0.2) is 0 Å². The van der Waals surface area contributed by atoms with E-state index in [0.29, 0.717) is 12.3 Å². The maximum absolute atomic E-state index is 12.9. The molecule has 0 fully saturated rings. The number of nitrogens with zero attached hydrogens (tertiary/aromatic N) is 5. The Kier molecular flexibility index (Phi) is 3.68. The Labute approximate surface area is 149 Å². The highest BCUT2D eigenvalue weighted by Gasteiger charge is 2.34. The summed E-state index contributed by atoms with van der Waals surface area (Å²) in [6, 6.07) is 9.15. The molecular formula is C18H17N5O3. The van der Waals surface area contributed by atoms with Gasteiger partial charge >= 0.3 is 5.97 Å². The quantitative estimate of drug-likeness (QED) is 0.752. The number of aromatic nitrogens is 4. The van der Waals surface area contributed by atoms with Crippen LogP contribution in [0.1, 0.15) is 39.1 Å². The standard InChI is InChI=1S/C18H17N5O3/c1-10-7-11(2)23-18(19-10)20-15(21-23)16(24)22-8-12-5-3-4-6-13(12)14(9-22)17(25)26/h3-7,14H,8-9H2,1-2H3,(H,25,26). The normalized spacial score (nSPS) is 16.5. The number of benzene rings is 1. The van der Waals surface area contributed by atoms with Crippen LogP contribution in [0, 0.1) is 13.8 Å². The third-order valence-electron chi connectivity index (χ3n) is 4.59. The molecule has 0 saturated heterocycles. The highest BCUT2D eigenvalue weighted by molar-refractivity contribution is 5.92. The van der Waals surface area contributed by atoms with Gasteiger partial charge in [0.2, 0.25) is 5.82 Å². The number of carboxylic acids is 1. The van der Waals surface area contributed by atoms with E-state index >= 15 is 0 Å². The van der Waals surface area contributed by atoms with Gasteiger partial charge in [-0.3, -0.25) is 9.59 Å². The highest BCUT2D eigenvalue weighted by Crippen LogP contribution is 2.29. The van der Waals surface area contributed by atoms with Gasteiger partial charge < -0.3 is 10.0 Å². The summed E-state index contributed by atoms with van der Waals surface area (Å²) < 4.78 is 1.52. The molecule has 1 N–H and O–H groups in total. The number of carbonyl (C=O) groups excluding carboxylic acids is 1. The molecule has 3 aromatic rings. The van der Waals surface area contributed by atoms with Crippen LogP contribution in [-0.4, -0.2) is 48.0 Å². The van der Waals surface area contributed by atoms with Crippen LogP contribution in [0.2, 0.25) is 0 Å². The van der Waals surface area contributed by atoms with E-state index in [1.165, 1.54) is 9.42 Å². The van der Waals surface area contributed by atoms with Crippen molar-refractivity contribution < 1.29 is 14.7 Å². The summed E-state index contributed by atoms with van der Waals surface area (Å²) >= 11 is 0. The van der Waals surface area contributed by atoms with Crippen molar-refractivity contribution in [2.45, 2.75) is 26.3 Å². The van der Waals surface area contributed by atoms with Gasteiger partial charge in [0, 0.05) is 24.5 Å². The van der Waals surface area contributed by atoms with Gasteiger partial charge in [0.05, 0.1) is 5.92 Å². The van der Waals surface area contributed by atoms with E-state index in [1.54, 1.807) is 6.07 Å². The Hall–Kier alpha value is -3.29. The summed E-state index contributed by atoms with van der Waals surface area (Å²) in [6.45, 7) is 4.14. The summed E-state index contributed by atoms with van der Waals surface area (Å²) in [5.74, 6) is -1.73. The number of amides is 1. The minimum atomic E-state index is -0.953. The molecule has 8 nitrogen and oxygen atoms in total. The molecule has 26 heavy (non-hydrogen) atoms. The number of carboxylic acid groups (broad SMARTS) is 1. The largest absolute Gasteiger partial charge is 0.481 e. The number of aryl methyl sites for hydroxylation is 2. The van der Waals surface area contributed by atoms with Crippen molar-refractivity contribution in [1.29, 1.82) is 0 Å². The Morgan fingerprint density at radius 3 is 2.73 bits per heavy atom. The van der Waals surface area contributed by atoms with Crippen molar-refractivity contribution in [3.05, 3.63) is 58.7 Å². The molecule has 4 rings (SSSR count). The first-order valence-corrected chi connectivity index (χ1v) is 8.25. The minimum absolute atomic E-state index is 0.0229. The lowest BCUT2D eigenvalue weighted by molar-refractivity contribution is -0.139. The molecule has 132 valence electrons. The second-order valence-electron chi connectivity index (χ2n) is 6.46. The summed E-state index contributed by atoms with van der Waals surface area (Å²) in [7, 11) is 0. The van der Waals surface area contributed by atoms with Crippen LogP contribution in [0.5, 0.6) is 0 Å². The molecular weight excluding hydrogens is 334 g/mol. The van der Waals surface area contributed by atoms with Crippen molar-refractivity contribution in [2.24, 2.45) is 0 Å². The second-order valence-corrected chi connectivity index (χ2v) is 6.46. The number of carbonyl (C=O) groups is 2. The van der Waals surface area contributed by atoms with Crippen LogP contribution in [0.15, 0.2) is 30.3 Å². The lowest BCUT2D eigenvalue weighted by Gasteiger charge is -2.32. The average Bonchev–Trinajstić information content (AvgIpc) is 3.04. The Bertz CT molecular complexity index is 1040. The SMILES string of the molecule is Cc1cc(C)n2nc(C(=O)N3Cc4ccccc4C(C(=O)O)C3)nc2n1. The zero-order valence-corrected chi connectivity index (χ0v) is 14.4. The molecule has 1 aliphatic rings. The molecule has 0 bridgehead atoms. The molecule has 0 aliphatic carbocycles. The van der Waals surface area contributed by atoms with Gasteiger partial charge in [0.1, 0.15) is 0 Å². The van der Waals surface area contributed by atoms with E-state index in [4.69, 9.17) is 0 Å². The maximum atomic E-state index is 12.9. The number of rotatable bonds is 2. The van der Waals surface area contributed by atoms with E-state index < -0.39 is 17.8 Å². The fourth-order valence-corrected chi connectivity index (χ4v) is 3.37. The molecule has 0 radical (unpaired) electrons. The van der Waals surface area contributed by atoms with E-state index in [0.717, 1.165) is 22.5 Å². The number of hydrogen-bond acceptors (Lipinski definition) is 5. The monoisotopic (exact) mass is 351 g/mol. The molecule has 0 saturated carbocycles. The van der Waals surface area contributed by atoms with Crippen molar-refractivity contribution in [1.82, 2.24) is 24.5 Å². The Morgan fingerprint density at radius 2 is 1.96 bits per heavy atom. The van der Waals surface area contributed by atoms with Gasteiger partial charge in [-0.25, -0.2) is 9.50 Å². The van der Waals surface area contributed by atoms with Crippen LogP contribution in [0.4, 0.5) is 0 Å². The highest BCUT2D eigenvalue weighted by atomic mass is 16.4. The van der Waals surface area contributed by atoms with Crippen molar-refractivity contribution >= 4 is 17.7 Å². The lowest BCUT2D eigenvalue weighted by Crippen LogP contribution is -2.41. The fraction of sp³-hybridized carbons (Fsp3) is 0.278. The van der Waals surface area contributed by atoms with Crippen molar-refractivity contribution in [3.63, 3.8) is 0 Å². The summed E-state index contributed by atoms with van der Waals surface area (Å²) in [5, 5.41) is 13.8. The summed E-state index contributed by atoms with van der Waals surface area (Å²) in [4.78, 5) is 34.6. The molecule has 0 spiro atoms. The van der Waals surface area contributed by atoms with Gasteiger partial charge in [0.25, 0.3) is 11.7 Å². The molecule has 2 aromatic heterocycles. The zero-order valence-electron chi connectivity index (χ0n) is 14.4. The predicted octanol–water partition coefficient (Wildman–Crippen LogP) is 1.57. The van der Waals surface area contributed by atoms with Gasteiger partial charge in [-0.15, -0.1) is 5.10 Å².